The Kier molecular flexibility index (Phi) is 7.54. The van der Waals surface area contributed by atoms with Crippen LogP contribution in [0.3, 0.4) is 0 Å². The van der Waals surface area contributed by atoms with E-state index < -0.39 is 0 Å². The monoisotopic (exact) mass is 430 g/mol. The van der Waals surface area contributed by atoms with Crippen LogP contribution in [0.2, 0.25) is 0 Å². The smallest absolute Gasteiger partial charge is 0.203 e. The van der Waals surface area contributed by atoms with E-state index >= 15 is 0 Å². The number of benzene rings is 3. The molecule has 0 saturated carbocycles. The van der Waals surface area contributed by atoms with Crippen LogP contribution in [-0.4, -0.2) is 27.1 Å². The van der Waals surface area contributed by atoms with Gasteiger partial charge in [-0.15, -0.1) is 0 Å². The first kappa shape index (κ1) is 22.5. The number of nitrogen functional groups attached to an aromatic ring is 1. The summed E-state index contributed by atoms with van der Waals surface area (Å²) in [6.07, 6.45) is 6.99. The number of allylic oxidation sites excluding steroid dienone is 1. The lowest BCUT2D eigenvalue weighted by molar-refractivity contribution is 0.104. The number of nitrogens with one attached hydrogen (secondary N) is 1. The quantitative estimate of drug-likeness (QED) is 0.208. The molecule has 6 heteroatoms. The van der Waals surface area contributed by atoms with Crippen LogP contribution < -0.4 is 25.3 Å². The number of anilines is 2. The largest absolute Gasteiger partial charge is 0.493 e. The van der Waals surface area contributed by atoms with E-state index in [0.29, 0.717) is 28.5 Å². The summed E-state index contributed by atoms with van der Waals surface area (Å²) < 4.78 is 16.2. The molecule has 164 valence electrons. The number of para-hydroxylation sites is 2. The van der Waals surface area contributed by atoms with Gasteiger partial charge in [-0.1, -0.05) is 42.5 Å². The summed E-state index contributed by atoms with van der Waals surface area (Å²) in [5.74, 6) is 1.54. The molecule has 0 amide bonds. The zero-order valence-electron chi connectivity index (χ0n) is 18.3. The number of methoxy groups -OCH3 is 3. The van der Waals surface area contributed by atoms with Crippen LogP contribution in [0, 0.1) is 0 Å². The van der Waals surface area contributed by atoms with Gasteiger partial charge in [-0.2, -0.15) is 0 Å². The van der Waals surface area contributed by atoms with E-state index in [2.05, 4.69) is 5.32 Å². The molecule has 0 aliphatic rings. The van der Waals surface area contributed by atoms with Gasteiger partial charge in [-0.3, -0.25) is 4.79 Å². The van der Waals surface area contributed by atoms with Crippen molar-refractivity contribution in [2.24, 2.45) is 0 Å². The number of hydrogen-bond acceptors (Lipinski definition) is 6. The van der Waals surface area contributed by atoms with Gasteiger partial charge in [-0.25, -0.2) is 0 Å². The first-order chi connectivity index (χ1) is 15.6. The molecule has 3 aromatic rings. The van der Waals surface area contributed by atoms with Crippen molar-refractivity contribution >= 4 is 29.3 Å². The molecular weight excluding hydrogens is 404 g/mol. The Labute approximate surface area is 187 Å². The maximum atomic E-state index is 12.4. The first-order valence-electron chi connectivity index (χ1n) is 9.96. The summed E-state index contributed by atoms with van der Waals surface area (Å²) in [5, 5.41) is 3.17. The highest BCUT2D eigenvalue weighted by Gasteiger charge is 2.12. The minimum absolute atomic E-state index is 0.166. The van der Waals surface area contributed by atoms with Crippen molar-refractivity contribution in [2.45, 2.75) is 0 Å². The van der Waals surface area contributed by atoms with E-state index in [1.54, 1.807) is 51.8 Å². The van der Waals surface area contributed by atoms with Gasteiger partial charge in [-0.05, 0) is 41.5 Å². The molecule has 0 aromatic heterocycles. The first-order valence-corrected chi connectivity index (χ1v) is 9.96. The van der Waals surface area contributed by atoms with Gasteiger partial charge in [0.25, 0.3) is 0 Å². The van der Waals surface area contributed by atoms with Gasteiger partial charge < -0.3 is 25.3 Å². The Morgan fingerprint density at radius 1 is 0.875 bits per heavy atom. The van der Waals surface area contributed by atoms with Gasteiger partial charge in [0.05, 0.1) is 21.3 Å². The average molecular weight is 431 g/mol. The standard InChI is InChI=1S/C26H26N2O4/c1-30-24-16-18(17-25(31-2)26(24)32-3)12-13-19-8-4-7-11-22(19)28-15-14-23(29)20-9-5-6-10-21(20)27/h4-17,28H,27H2,1-3H3/b13-12-,15-14-. The molecule has 3 N–H and O–H groups in total. The average Bonchev–Trinajstić information content (AvgIpc) is 2.82. The second-order valence-electron chi connectivity index (χ2n) is 6.81. The number of hydrogen-bond donors (Lipinski definition) is 2. The molecule has 0 spiro atoms. The van der Waals surface area contributed by atoms with E-state index in [0.717, 1.165) is 16.8 Å². The summed E-state index contributed by atoms with van der Waals surface area (Å²) in [4.78, 5) is 12.4. The molecule has 0 radical (unpaired) electrons. The molecule has 0 saturated heterocycles. The van der Waals surface area contributed by atoms with Crippen molar-refractivity contribution in [3.05, 3.63) is 89.6 Å². The third kappa shape index (κ3) is 5.29. The van der Waals surface area contributed by atoms with Gasteiger partial charge in [0.15, 0.2) is 17.3 Å². The minimum atomic E-state index is -0.166. The molecule has 0 aliphatic heterocycles. The van der Waals surface area contributed by atoms with Crippen molar-refractivity contribution in [2.75, 3.05) is 32.4 Å². The normalized spacial score (nSPS) is 11.0. The zero-order chi connectivity index (χ0) is 22.9. The molecule has 0 atom stereocenters. The second-order valence-corrected chi connectivity index (χ2v) is 6.81. The van der Waals surface area contributed by atoms with Crippen molar-refractivity contribution in [3.8, 4) is 17.2 Å². The van der Waals surface area contributed by atoms with Crippen molar-refractivity contribution in [1.29, 1.82) is 0 Å². The lowest BCUT2D eigenvalue weighted by Gasteiger charge is -2.13. The van der Waals surface area contributed by atoms with Crippen LogP contribution in [0.25, 0.3) is 12.2 Å². The number of nitrogens with two attached hydrogens (primary N) is 1. The third-order valence-electron chi connectivity index (χ3n) is 4.80. The molecule has 0 heterocycles. The van der Waals surface area contributed by atoms with E-state index in [1.807, 2.05) is 48.6 Å². The molecule has 0 aliphatic carbocycles. The molecular formula is C26H26N2O4. The van der Waals surface area contributed by atoms with Crippen LogP contribution in [0.15, 0.2) is 72.9 Å². The molecule has 0 bridgehead atoms. The third-order valence-corrected chi connectivity index (χ3v) is 4.80. The van der Waals surface area contributed by atoms with E-state index in [4.69, 9.17) is 19.9 Å². The van der Waals surface area contributed by atoms with Crippen LogP contribution in [0.1, 0.15) is 21.5 Å². The number of ether oxygens (including phenoxy) is 3. The SMILES string of the molecule is COc1cc(/C=C\c2ccccc2N/C=C\C(=O)c2ccccc2N)cc(OC)c1OC. The highest BCUT2D eigenvalue weighted by molar-refractivity contribution is 6.08. The summed E-state index contributed by atoms with van der Waals surface area (Å²) in [6, 6.07) is 18.5. The lowest BCUT2D eigenvalue weighted by atomic mass is 10.1. The highest BCUT2D eigenvalue weighted by atomic mass is 16.5. The fourth-order valence-corrected chi connectivity index (χ4v) is 3.18. The van der Waals surface area contributed by atoms with Crippen molar-refractivity contribution in [3.63, 3.8) is 0 Å². The Bertz CT molecular complexity index is 1130. The zero-order valence-corrected chi connectivity index (χ0v) is 18.3. The van der Waals surface area contributed by atoms with E-state index in [9.17, 15) is 4.79 Å². The van der Waals surface area contributed by atoms with Gasteiger partial charge >= 0.3 is 0 Å². The number of carbonyl (C=O) groups excluding carboxylic acids is 1. The van der Waals surface area contributed by atoms with E-state index in [-0.39, 0.29) is 5.78 Å². The maximum absolute atomic E-state index is 12.4. The topological polar surface area (TPSA) is 82.8 Å². The number of carbonyl (C=O) groups is 1. The maximum Gasteiger partial charge on any atom is 0.203 e. The molecule has 32 heavy (non-hydrogen) atoms. The fourth-order valence-electron chi connectivity index (χ4n) is 3.18. The molecule has 6 nitrogen and oxygen atoms in total. The van der Waals surface area contributed by atoms with Crippen molar-refractivity contribution < 1.29 is 19.0 Å². The molecule has 0 fully saturated rings. The molecule has 3 aromatic carbocycles. The summed E-state index contributed by atoms with van der Waals surface area (Å²) in [7, 11) is 4.74. The fraction of sp³-hybridized carbons (Fsp3) is 0.115. The Hall–Kier alpha value is -4.19. The number of rotatable bonds is 9. The van der Waals surface area contributed by atoms with Gasteiger partial charge in [0.1, 0.15) is 0 Å². The Morgan fingerprint density at radius 3 is 2.19 bits per heavy atom. The minimum Gasteiger partial charge on any atom is -0.493 e. The van der Waals surface area contributed by atoms with Crippen LogP contribution >= 0.6 is 0 Å². The van der Waals surface area contributed by atoms with Crippen LogP contribution in [-0.2, 0) is 0 Å². The summed E-state index contributed by atoms with van der Waals surface area (Å²) >= 11 is 0. The Balaban J connectivity index is 1.79. The lowest BCUT2D eigenvalue weighted by Crippen LogP contribution is -2.01. The van der Waals surface area contributed by atoms with E-state index in [1.165, 1.54) is 6.08 Å². The molecule has 3 rings (SSSR count). The summed E-state index contributed by atoms with van der Waals surface area (Å²) in [5.41, 5.74) is 9.48. The number of ketones is 1. The molecule has 0 unspecified atom stereocenters. The highest BCUT2D eigenvalue weighted by Crippen LogP contribution is 2.38. The van der Waals surface area contributed by atoms with Crippen LogP contribution in [0.5, 0.6) is 17.2 Å². The summed E-state index contributed by atoms with van der Waals surface area (Å²) in [6.45, 7) is 0. The Morgan fingerprint density at radius 2 is 1.53 bits per heavy atom. The van der Waals surface area contributed by atoms with Gasteiger partial charge in [0, 0.05) is 29.2 Å². The predicted octanol–water partition coefficient (Wildman–Crippen LogP) is 5.27. The predicted molar refractivity (Wildman–Crippen MR) is 129 cm³/mol. The van der Waals surface area contributed by atoms with Gasteiger partial charge in [0.2, 0.25) is 5.75 Å². The van der Waals surface area contributed by atoms with Crippen LogP contribution in [0.4, 0.5) is 11.4 Å². The van der Waals surface area contributed by atoms with Crippen molar-refractivity contribution in [1.82, 2.24) is 0 Å². The second kappa shape index (κ2) is 10.7.